The molecule has 0 aromatic carbocycles. The van der Waals surface area contributed by atoms with Gasteiger partial charge < -0.3 is 5.32 Å². The van der Waals surface area contributed by atoms with Gasteiger partial charge in [0, 0.05) is 25.0 Å². The van der Waals surface area contributed by atoms with Crippen LogP contribution in [0.3, 0.4) is 0 Å². The van der Waals surface area contributed by atoms with E-state index in [1.165, 1.54) is 18.4 Å². The average molecular weight is 215 g/mol. The number of hydrogen-bond donors (Lipinski definition) is 1. The third kappa shape index (κ3) is 2.80. The number of aromatic nitrogens is 1. The highest BCUT2D eigenvalue weighted by molar-refractivity contribution is 5.08. The second kappa shape index (κ2) is 5.62. The van der Waals surface area contributed by atoms with Crippen LogP contribution in [0.1, 0.15) is 31.2 Å². The van der Waals surface area contributed by atoms with Crippen LogP contribution < -0.4 is 5.32 Å². The zero-order valence-corrected chi connectivity index (χ0v) is 9.39. The quantitative estimate of drug-likeness (QED) is 0.841. The summed E-state index contributed by atoms with van der Waals surface area (Å²) in [5, 5.41) is 12.5. The fraction of sp³-hybridized carbons (Fsp3) is 0.538. The first-order chi connectivity index (χ1) is 7.90. The lowest BCUT2D eigenvalue weighted by atomic mass is 9.85. The molecule has 1 aliphatic rings. The second-order valence-electron chi connectivity index (χ2n) is 4.37. The van der Waals surface area contributed by atoms with Crippen molar-refractivity contribution in [3.63, 3.8) is 0 Å². The molecule has 2 rings (SSSR count). The molecule has 1 fully saturated rings. The highest BCUT2D eigenvalue weighted by Crippen LogP contribution is 2.23. The molecule has 1 aromatic rings. The number of pyridine rings is 1. The molecule has 3 heteroatoms. The van der Waals surface area contributed by atoms with Crippen molar-refractivity contribution < 1.29 is 0 Å². The number of rotatable bonds is 3. The lowest BCUT2D eigenvalue weighted by Gasteiger charge is -2.27. The largest absolute Gasteiger partial charge is 0.309 e. The van der Waals surface area contributed by atoms with Gasteiger partial charge in [0.05, 0.1) is 12.0 Å². The van der Waals surface area contributed by atoms with Gasteiger partial charge in [-0.1, -0.05) is 18.9 Å². The van der Waals surface area contributed by atoms with Crippen molar-refractivity contribution in [1.29, 1.82) is 5.26 Å². The maximum absolute atomic E-state index is 9.06. The predicted octanol–water partition coefficient (Wildman–Crippen LogP) is 2.25. The topological polar surface area (TPSA) is 48.7 Å². The van der Waals surface area contributed by atoms with Crippen LogP contribution in [0.5, 0.6) is 0 Å². The minimum Gasteiger partial charge on any atom is -0.309 e. The third-order valence-corrected chi connectivity index (χ3v) is 3.22. The first-order valence-electron chi connectivity index (χ1n) is 5.92. The first-order valence-corrected chi connectivity index (χ1v) is 5.92. The fourth-order valence-corrected chi connectivity index (χ4v) is 2.28. The summed E-state index contributed by atoms with van der Waals surface area (Å²) < 4.78 is 0. The SMILES string of the molecule is N#CC1CCCCC1NCc1cccnc1. The molecule has 84 valence electrons. The Morgan fingerprint density at radius 1 is 1.44 bits per heavy atom. The summed E-state index contributed by atoms with van der Waals surface area (Å²) in [7, 11) is 0. The Balaban J connectivity index is 1.87. The highest BCUT2D eigenvalue weighted by atomic mass is 14.9. The van der Waals surface area contributed by atoms with Crippen LogP contribution in [0.25, 0.3) is 0 Å². The van der Waals surface area contributed by atoms with Gasteiger partial charge in [-0.3, -0.25) is 4.98 Å². The molecule has 0 saturated heterocycles. The number of nitrogens with one attached hydrogen (secondary N) is 1. The van der Waals surface area contributed by atoms with Gasteiger partial charge in [-0.15, -0.1) is 0 Å². The van der Waals surface area contributed by atoms with Crippen LogP contribution >= 0.6 is 0 Å². The van der Waals surface area contributed by atoms with Crippen molar-refractivity contribution in [3.05, 3.63) is 30.1 Å². The van der Waals surface area contributed by atoms with E-state index >= 15 is 0 Å². The lowest BCUT2D eigenvalue weighted by Crippen LogP contribution is -2.37. The molecule has 16 heavy (non-hydrogen) atoms. The molecule has 0 bridgehead atoms. The van der Waals surface area contributed by atoms with E-state index < -0.39 is 0 Å². The van der Waals surface area contributed by atoms with Gasteiger partial charge >= 0.3 is 0 Å². The van der Waals surface area contributed by atoms with Gasteiger partial charge in [0.25, 0.3) is 0 Å². The normalized spacial score (nSPS) is 24.9. The van der Waals surface area contributed by atoms with Gasteiger partial charge in [0.15, 0.2) is 0 Å². The molecule has 1 heterocycles. The van der Waals surface area contributed by atoms with Crippen LogP contribution in [0.15, 0.2) is 24.5 Å². The van der Waals surface area contributed by atoms with E-state index in [2.05, 4.69) is 22.4 Å². The van der Waals surface area contributed by atoms with Crippen molar-refractivity contribution in [2.75, 3.05) is 0 Å². The van der Waals surface area contributed by atoms with Crippen molar-refractivity contribution in [2.24, 2.45) is 5.92 Å². The number of nitriles is 1. The second-order valence-corrected chi connectivity index (χ2v) is 4.37. The Morgan fingerprint density at radius 2 is 2.31 bits per heavy atom. The Bertz CT molecular complexity index is 355. The maximum atomic E-state index is 9.06. The maximum Gasteiger partial charge on any atom is 0.0672 e. The zero-order valence-electron chi connectivity index (χ0n) is 9.39. The fourth-order valence-electron chi connectivity index (χ4n) is 2.28. The molecule has 1 N–H and O–H groups in total. The summed E-state index contributed by atoms with van der Waals surface area (Å²) in [6, 6.07) is 6.78. The average Bonchev–Trinajstić information content (AvgIpc) is 2.38. The summed E-state index contributed by atoms with van der Waals surface area (Å²) in [5.41, 5.74) is 1.18. The molecule has 3 nitrogen and oxygen atoms in total. The van der Waals surface area contributed by atoms with E-state index in [-0.39, 0.29) is 5.92 Å². The zero-order chi connectivity index (χ0) is 11.2. The monoisotopic (exact) mass is 215 g/mol. The third-order valence-electron chi connectivity index (χ3n) is 3.22. The summed E-state index contributed by atoms with van der Waals surface area (Å²) in [5.74, 6) is 0.186. The Labute approximate surface area is 96.5 Å². The number of nitrogens with zero attached hydrogens (tertiary/aromatic N) is 2. The van der Waals surface area contributed by atoms with Crippen molar-refractivity contribution in [1.82, 2.24) is 10.3 Å². The predicted molar refractivity (Wildman–Crippen MR) is 62.4 cm³/mol. The van der Waals surface area contributed by atoms with E-state index in [1.807, 2.05) is 12.3 Å². The summed E-state index contributed by atoms with van der Waals surface area (Å²) in [6.45, 7) is 0.816. The van der Waals surface area contributed by atoms with Gasteiger partial charge in [-0.05, 0) is 24.5 Å². The van der Waals surface area contributed by atoms with Gasteiger partial charge in [-0.25, -0.2) is 0 Å². The smallest absolute Gasteiger partial charge is 0.0672 e. The van der Waals surface area contributed by atoms with Gasteiger partial charge in [-0.2, -0.15) is 5.26 Å². The minimum atomic E-state index is 0.186. The molecule has 2 atom stereocenters. The molecule has 1 aliphatic carbocycles. The summed E-state index contributed by atoms with van der Waals surface area (Å²) >= 11 is 0. The van der Waals surface area contributed by atoms with Crippen LogP contribution in [-0.4, -0.2) is 11.0 Å². The highest BCUT2D eigenvalue weighted by Gasteiger charge is 2.23. The van der Waals surface area contributed by atoms with Gasteiger partial charge in [0.2, 0.25) is 0 Å². The van der Waals surface area contributed by atoms with Crippen LogP contribution in [0, 0.1) is 17.2 Å². The molecule has 1 saturated carbocycles. The van der Waals surface area contributed by atoms with Crippen molar-refractivity contribution >= 4 is 0 Å². The molecular weight excluding hydrogens is 198 g/mol. The van der Waals surface area contributed by atoms with Crippen LogP contribution in [-0.2, 0) is 6.54 Å². The summed E-state index contributed by atoms with van der Waals surface area (Å²) in [6.07, 6.45) is 8.26. The number of hydrogen-bond acceptors (Lipinski definition) is 3. The Morgan fingerprint density at radius 3 is 3.06 bits per heavy atom. The molecule has 2 unspecified atom stereocenters. The lowest BCUT2D eigenvalue weighted by molar-refractivity contribution is 0.311. The van der Waals surface area contributed by atoms with Crippen LogP contribution in [0.2, 0.25) is 0 Å². The van der Waals surface area contributed by atoms with Gasteiger partial charge in [0.1, 0.15) is 0 Å². The van der Waals surface area contributed by atoms with E-state index in [9.17, 15) is 0 Å². The minimum absolute atomic E-state index is 0.186. The summed E-state index contributed by atoms with van der Waals surface area (Å²) in [4.78, 5) is 4.08. The van der Waals surface area contributed by atoms with E-state index in [1.54, 1.807) is 6.20 Å². The van der Waals surface area contributed by atoms with Crippen molar-refractivity contribution in [2.45, 2.75) is 38.3 Å². The van der Waals surface area contributed by atoms with E-state index in [0.29, 0.717) is 6.04 Å². The first kappa shape index (κ1) is 11.1. The standard InChI is InChI=1S/C13H17N3/c14-8-12-5-1-2-6-13(12)16-10-11-4-3-7-15-9-11/h3-4,7,9,12-13,16H,1-2,5-6,10H2. The molecule has 0 amide bonds. The molecule has 0 radical (unpaired) electrons. The van der Waals surface area contributed by atoms with E-state index in [4.69, 9.17) is 5.26 Å². The molecule has 0 spiro atoms. The van der Waals surface area contributed by atoms with E-state index in [0.717, 1.165) is 19.4 Å². The van der Waals surface area contributed by atoms with Crippen LogP contribution in [0.4, 0.5) is 0 Å². The molecule has 1 aromatic heterocycles. The molecular formula is C13H17N3. The Hall–Kier alpha value is -1.40. The van der Waals surface area contributed by atoms with Crippen molar-refractivity contribution in [3.8, 4) is 6.07 Å². The Kier molecular flexibility index (Phi) is 3.90. The molecule has 0 aliphatic heterocycles.